The maximum atomic E-state index is 13.3. The number of rotatable bonds is 4. The maximum absolute atomic E-state index is 13.3. The monoisotopic (exact) mass is 338 g/mol. The van der Waals surface area contributed by atoms with Crippen molar-refractivity contribution in [3.8, 4) is 0 Å². The molecule has 0 spiro atoms. The molecule has 0 unspecified atom stereocenters. The third-order valence-electron chi connectivity index (χ3n) is 3.80. The normalized spacial score (nSPS) is 17.5. The number of carbonyl (C=O) groups is 3. The van der Waals surface area contributed by atoms with Crippen molar-refractivity contribution in [2.24, 2.45) is 0 Å². The average Bonchev–Trinajstić information content (AvgIpc) is 2.60. The highest BCUT2D eigenvalue weighted by Gasteiger charge is 2.37. The summed E-state index contributed by atoms with van der Waals surface area (Å²) in [5.74, 6) is -1.89. The van der Waals surface area contributed by atoms with Crippen molar-refractivity contribution in [1.82, 2.24) is 9.80 Å². The lowest BCUT2D eigenvalue weighted by Gasteiger charge is -2.39. The van der Waals surface area contributed by atoms with Crippen LogP contribution >= 0.6 is 0 Å². The second-order valence-electron chi connectivity index (χ2n) is 5.32. The van der Waals surface area contributed by atoms with E-state index in [1.54, 1.807) is 0 Å². The molecule has 2 rings (SSSR count). The largest absolute Gasteiger partial charge is 0.467 e. The van der Waals surface area contributed by atoms with E-state index in [-0.39, 0.29) is 37.7 Å². The minimum Gasteiger partial charge on any atom is -0.467 e. The van der Waals surface area contributed by atoms with Gasteiger partial charge in [-0.1, -0.05) is 6.07 Å². The second kappa shape index (κ2) is 7.87. The lowest BCUT2D eigenvalue weighted by atomic mass is 10.1. The number of esters is 1. The lowest BCUT2D eigenvalue weighted by Crippen LogP contribution is -2.60. The van der Waals surface area contributed by atoms with E-state index in [0.29, 0.717) is 0 Å². The zero-order chi connectivity index (χ0) is 17.7. The summed E-state index contributed by atoms with van der Waals surface area (Å²) < 4.78 is 22.8. The van der Waals surface area contributed by atoms with E-state index in [0.717, 1.165) is 6.07 Å². The number of amides is 2. The summed E-state index contributed by atoms with van der Waals surface area (Å²) in [6.45, 7) is 0.226. The van der Waals surface area contributed by atoms with Gasteiger partial charge in [0.25, 0.3) is 5.91 Å². The Kier molecular flexibility index (Phi) is 5.86. The molecule has 2 amide bonds. The van der Waals surface area contributed by atoms with Crippen molar-refractivity contribution in [1.29, 1.82) is 0 Å². The molecule has 24 heavy (non-hydrogen) atoms. The van der Waals surface area contributed by atoms with Gasteiger partial charge in [0.2, 0.25) is 5.91 Å². The van der Waals surface area contributed by atoms with E-state index >= 15 is 0 Å². The van der Waals surface area contributed by atoms with Gasteiger partial charge in [-0.3, -0.25) is 9.59 Å². The van der Waals surface area contributed by atoms with Crippen molar-refractivity contribution in [3.63, 3.8) is 0 Å². The molecule has 1 heterocycles. The van der Waals surface area contributed by atoms with Gasteiger partial charge < -0.3 is 19.3 Å². The van der Waals surface area contributed by atoms with Gasteiger partial charge in [-0.2, -0.15) is 0 Å². The molecule has 1 aromatic carbocycles. The third kappa shape index (κ3) is 3.88. The fourth-order valence-corrected chi connectivity index (χ4v) is 2.61. The van der Waals surface area contributed by atoms with Gasteiger partial charge in [0.15, 0.2) is 0 Å². The number of methoxy groups -OCH3 is 2. The topological polar surface area (TPSA) is 76.2 Å². The third-order valence-corrected chi connectivity index (χ3v) is 3.80. The van der Waals surface area contributed by atoms with Crippen LogP contribution in [-0.2, 0) is 19.1 Å². The van der Waals surface area contributed by atoms with Crippen LogP contribution in [0.4, 0.5) is 4.39 Å². The Hall–Kier alpha value is -2.48. The van der Waals surface area contributed by atoms with Crippen LogP contribution in [0.3, 0.4) is 0 Å². The molecule has 130 valence electrons. The summed E-state index contributed by atoms with van der Waals surface area (Å²) in [5.41, 5.74) is 0.190. The summed E-state index contributed by atoms with van der Waals surface area (Å²) in [5, 5.41) is 0. The Morgan fingerprint density at radius 2 is 2.00 bits per heavy atom. The zero-order valence-electron chi connectivity index (χ0n) is 13.5. The van der Waals surface area contributed by atoms with Crippen molar-refractivity contribution in [2.45, 2.75) is 6.04 Å². The lowest BCUT2D eigenvalue weighted by molar-refractivity contribution is -0.157. The van der Waals surface area contributed by atoms with Crippen LogP contribution in [0.5, 0.6) is 0 Å². The zero-order valence-corrected chi connectivity index (χ0v) is 13.5. The Balaban J connectivity index is 2.17. The summed E-state index contributed by atoms with van der Waals surface area (Å²) in [4.78, 5) is 39.3. The molecule has 1 aliphatic rings. The first-order valence-electron chi connectivity index (χ1n) is 7.39. The summed E-state index contributed by atoms with van der Waals surface area (Å²) >= 11 is 0. The van der Waals surface area contributed by atoms with Crippen LogP contribution in [0.2, 0.25) is 0 Å². The molecule has 0 bridgehead atoms. The van der Waals surface area contributed by atoms with E-state index in [1.807, 2.05) is 0 Å². The number of ether oxygens (including phenoxy) is 2. The van der Waals surface area contributed by atoms with Crippen LogP contribution in [0.15, 0.2) is 24.3 Å². The average molecular weight is 338 g/mol. The Bertz CT molecular complexity index is 637. The first-order valence-corrected chi connectivity index (χ1v) is 7.39. The number of nitrogens with zero attached hydrogens (tertiary/aromatic N) is 2. The number of carbonyl (C=O) groups excluding carboxylic acids is 3. The molecule has 0 N–H and O–H groups in total. The smallest absolute Gasteiger partial charge is 0.330 e. The fourth-order valence-electron chi connectivity index (χ4n) is 2.61. The molecular weight excluding hydrogens is 319 g/mol. The van der Waals surface area contributed by atoms with Crippen molar-refractivity contribution >= 4 is 17.8 Å². The SMILES string of the molecule is COCC(=O)N1CCN(C(=O)c2cccc(F)c2)C[C@H]1C(=O)OC. The standard InChI is InChI=1S/C16H19FN2O5/c1-23-10-14(20)19-7-6-18(9-13(19)16(22)24-2)15(21)11-4-3-5-12(17)8-11/h3-5,8,13H,6-7,9-10H2,1-2H3/t13-/m0/s1. The molecule has 1 aromatic rings. The fraction of sp³-hybridized carbons (Fsp3) is 0.438. The number of hydrogen-bond acceptors (Lipinski definition) is 5. The van der Waals surface area contributed by atoms with Crippen molar-refractivity contribution < 1.29 is 28.2 Å². The molecule has 0 radical (unpaired) electrons. The van der Waals surface area contributed by atoms with Crippen LogP contribution in [0.1, 0.15) is 10.4 Å². The van der Waals surface area contributed by atoms with Gasteiger partial charge in [-0.25, -0.2) is 9.18 Å². The molecular formula is C16H19FN2O5. The highest BCUT2D eigenvalue weighted by atomic mass is 19.1. The van der Waals surface area contributed by atoms with Gasteiger partial charge in [0.05, 0.1) is 13.7 Å². The van der Waals surface area contributed by atoms with Crippen molar-refractivity contribution in [3.05, 3.63) is 35.6 Å². The van der Waals surface area contributed by atoms with E-state index < -0.39 is 23.7 Å². The van der Waals surface area contributed by atoms with Crippen LogP contribution in [0, 0.1) is 5.82 Å². The molecule has 1 saturated heterocycles. The quantitative estimate of drug-likeness (QED) is 0.738. The Morgan fingerprint density at radius 1 is 1.25 bits per heavy atom. The molecule has 1 fully saturated rings. The highest BCUT2D eigenvalue weighted by molar-refractivity contribution is 5.95. The van der Waals surface area contributed by atoms with Gasteiger partial charge in [0, 0.05) is 25.8 Å². The molecule has 1 atom stereocenters. The Labute approximate surface area is 138 Å². The number of piperazine rings is 1. The minimum atomic E-state index is -0.913. The van der Waals surface area contributed by atoms with E-state index in [2.05, 4.69) is 0 Å². The summed E-state index contributed by atoms with van der Waals surface area (Å²) in [7, 11) is 2.60. The van der Waals surface area contributed by atoms with E-state index in [4.69, 9.17) is 9.47 Å². The molecule has 7 nitrogen and oxygen atoms in total. The second-order valence-corrected chi connectivity index (χ2v) is 5.32. The van der Waals surface area contributed by atoms with E-state index in [1.165, 1.54) is 42.2 Å². The predicted molar refractivity (Wildman–Crippen MR) is 81.7 cm³/mol. The predicted octanol–water partition coefficient (Wildman–Crippen LogP) is 0.298. The number of benzene rings is 1. The maximum Gasteiger partial charge on any atom is 0.330 e. The number of halogens is 1. The highest BCUT2D eigenvalue weighted by Crippen LogP contribution is 2.16. The molecule has 0 aliphatic carbocycles. The Morgan fingerprint density at radius 3 is 2.62 bits per heavy atom. The first kappa shape index (κ1) is 17.9. The van der Waals surface area contributed by atoms with E-state index in [9.17, 15) is 18.8 Å². The van der Waals surface area contributed by atoms with Gasteiger partial charge >= 0.3 is 5.97 Å². The minimum absolute atomic E-state index is 0.0164. The molecule has 1 aliphatic heterocycles. The van der Waals surface area contributed by atoms with Gasteiger partial charge in [0.1, 0.15) is 18.5 Å². The van der Waals surface area contributed by atoms with Crippen LogP contribution < -0.4 is 0 Å². The number of hydrogen-bond donors (Lipinski definition) is 0. The molecule has 8 heteroatoms. The first-order chi connectivity index (χ1) is 11.5. The van der Waals surface area contributed by atoms with Gasteiger partial charge in [-0.05, 0) is 18.2 Å². The summed E-state index contributed by atoms with van der Waals surface area (Å²) in [6.07, 6.45) is 0. The van der Waals surface area contributed by atoms with Crippen LogP contribution in [-0.4, -0.2) is 74.1 Å². The van der Waals surface area contributed by atoms with Crippen LogP contribution in [0.25, 0.3) is 0 Å². The summed E-state index contributed by atoms with van der Waals surface area (Å²) in [6, 6.07) is 4.41. The molecule has 0 saturated carbocycles. The van der Waals surface area contributed by atoms with Gasteiger partial charge in [-0.15, -0.1) is 0 Å². The molecule has 0 aromatic heterocycles. The van der Waals surface area contributed by atoms with Crippen molar-refractivity contribution in [2.75, 3.05) is 40.5 Å².